The minimum atomic E-state index is 0.106. The van der Waals surface area contributed by atoms with Crippen LogP contribution in [0, 0.1) is 0 Å². The van der Waals surface area contributed by atoms with E-state index in [0.29, 0.717) is 16.6 Å². The largest absolute Gasteiger partial charge is 0.409 e. The number of anilines is 1. The summed E-state index contributed by atoms with van der Waals surface area (Å²) in [7, 11) is 0. The van der Waals surface area contributed by atoms with Crippen LogP contribution in [0.4, 0.5) is 5.69 Å². The second-order valence-corrected chi connectivity index (χ2v) is 5.01. The van der Waals surface area contributed by atoms with E-state index in [1.165, 1.54) is 12.8 Å². The summed E-state index contributed by atoms with van der Waals surface area (Å²) in [6, 6.07) is 6.12. The highest BCUT2D eigenvalue weighted by molar-refractivity contribution is 6.31. The summed E-state index contributed by atoms with van der Waals surface area (Å²) in [6.45, 7) is 3.12. The summed E-state index contributed by atoms with van der Waals surface area (Å²) < 4.78 is 0. The molecule has 0 aromatic heterocycles. The van der Waals surface area contributed by atoms with Gasteiger partial charge in [0.15, 0.2) is 5.84 Å². The van der Waals surface area contributed by atoms with Gasteiger partial charge < -0.3 is 15.8 Å². The Bertz CT molecular complexity index is 458. The van der Waals surface area contributed by atoms with Crippen LogP contribution < -0.4 is 10.6 Å². The van der Waals surface area contributed by atoms with E-state index in [9.17, 15) is 0 Å². The number of rotatable bonds is 5. The van der Waals surface area contributed by atoms with Gasteiger partial charge >= 0.3 is 0 Å². The van der Waals surface area contributed by atoms with Gasteiger partial charge in [-0.05, 0) is 37.5 Å². The molecule has 1 saturated carbocycles. The number of halogens is 1. The van der Waals surface area contributed by atoms with Gasteiger partial charge in [-0.25, -0.2) is 0 Å². The van der Waals surface area contributed by atoms with E-state index in [-0.39, 0.29) is 5.84 Å². The van der Waals surface area contributed by atoms with Crippen LogP contribution in [-0.2, 0) is 0 Å². The predicted molar refractivity (Wildman–Crippen MR) is 74.6 cm³/mol. The Balaban J connectivity index is 2.41. The average Bonchev–Trinajstić information content (AvgIpc) is 3.19. The maximum Gasteiger partial charge on any atom is 0.172 e. The molecule has 1 fully saturated rings. The van der Waals surface area contributed by atoms with E-state index >= 15 is 0 Å². The first-order valence-electron chi connectivity index (χ1n) is 6.21. The zero-order valence-electron chi connectivity index (χ0n) is 10.4. The molecule has 0 atom stereocenters. The van der Waals surface area contributed by atoms with Crippen molar-refractivity contribution < 1.29 is 5.21 Å². The Hall–Kier alpha value is -1.42. The molecule has 1 aromatic carbocycles. The van der Waals surface area contributed by atoms with E-state index in [4.69, 9.17) is 22.5 Å². The number of benzene rings is 1. The van der Waals surface area contributed by atoms with Crippen LogP contribution in [0.15, 0.2) is 23.4 Å². The second kappa shape index (κ2) is 5.48. The minimum Gasteiger partial charge on any atom is -0.409 e. The van der Waals surface area contributed by atoms with Crippen molar-refractivity contribution >= 4 is 23.1 Å². The van der Waals surface area contributed by atoms with Crippen molar-refractivity contribution in [2.45, 2.75) is 32.2 Å². The first kappa shape index (κ1) is 13.0. The third-order valence-corrected chi connectivity index (χ3v) is 3.34. The van der Waals surface area contributed by atoms with Crippen LogP contribution >= 0.6 is 11.6 Å². The molecular weight excluding hydrogens is 250 g/mol. The molecule has 1 aromatic rings. The van der Waals surface area contributed by atoms with Crippen LogP contribution in [0.5, 0.6) is 0 Å². The third-order valence-electron chi connectivity index (χ3n) is 3.10. The Kier molecular flexibility index (Phi) is 3.97. The number of hydrogen-bond acceptors (Lipinski definition) is 3. The number of nitrogens with two attached hydrogens (primary N) is 1. The van der Waals surface area contributed by atoms with E-state index in [0.717, 1.165) is 18.7 Å². The molecule has 0 radical (unpaired) electrons. The van der Waals surface area contributed by atoms with E-state index < -0.39 is 0 Å². The molecule has 0 amide bonds. The fourth-order valence-corrected chi connectivity index (χ4v) is 2.32. The summed E-state index contributed by atoms with van der Waals surface area (Å²) in [5.74, 6) is 0.106. The Morgan fingerprint density at radius 1 is 1.56 bits per heavy atom. The topological polar surface area (TPSA) is 61.8 Å². The number of oxime groups is 1. The minimum absolute atomic E-state index is 0.106. The van der Waals surface area contributed by atoms with Crippen molar-refractivity contribution in [3.05, 3.63) is 28.8 Å². The van der Waals surface area contributed by atoms with Gasteiger partial charge in [0, 0.05) is 28.9 Å². The van der Waals surface area contributed by atoms with Gasteiger partial charge in [-0.1, -0.05) is 23.7 Å². The molecule has 1 aliphatic carbocycles. The number of hydrogen-bond donors (Lipinski definition) is 2. The second-order valence-electron chi connectivity index (χ2n) is 4.57. The van der Waals surface area contributed by atoms with Crippen molar-refractivity contribution in [2.24, 2.45) is 10.9 Å². The molecule has 3 N–H and O–H groups in total. The highest BCUT2D eigenvalue weighted by Crippen LogP contribution is 2.34. The molecule has 98 valence electrons. The lowest BCUT2D eigenvalue weighted by atomic mass is 10.1. The molecule has 0 saturated heterocycles. The van der Waals surface area contributed by atoms with E-state index in [1.807, 2.05) is 12.1 Å². The highest BCUT2D eigenvalue weighted by Gasteiger charge is 2.30. The first-order valence-corrected chi connectivity index (χ1v) is 6.59. The lowest BCUT2D eigenvalue weighted by molar-refractivity contribution is 0.318. The van der Waals surface area contributed by atoms with Gasteiger partial charge in [-0.15, -0.1) is 0 Å². The Morgan fingerprint density at radius 3 is 2.83 bits per heavy atom. The number of nitrogens with zero attached hydrogens (tertiary/aromatic N) is 2. The zero-order valence-corrected chi connectivity index (χ0v) is 11.2. The molecule has 4 nitrogen and oxygen atoms in total. The third kappa shape index (κ3) is 2.70. The van der Waals surface area contributed by atoms with Crippen molar-refractivity contribution in [3.63, 3.8) is 0 Å². The van der Waals surface area contributed by atoms with Gasteiger partial charge in [-0.3, -0.25) is 0 Å². The smallest absolute Gasteiger partial charge is 0.172 e. The first-order chi connectivity index (χ1) is 8.67. The summed E-state index contributed by atoms with van der Waals surface area (Å²) in [4.78, 5) is 2.32. The summed E-state index contributed by atoms with van der Waals surface area (Å²) in [5, 5.41) is 12.6. The number of amidine groups is 1. The van der Waals surface area contributed by atoms with Gasteiger partial charge in [0.05, 0.1) is 0 Å². The van der Waals surface area contributed by atoms with Crippen molar-refractivity contribution in [1.82, 2.24) is 0 Å². The van der Waals surface area contributed by atoms with Crippen LogP contribution in [-0.4, -0.2) is 23.6 Å². The SMILES string of the molecule is CCCN(c1ccc(Cl)cc1/C(N)=N/O)C1CC1. The molecule has 1 aliphatic rings. The molecule has 5 heteroatoms. The summed E-state index contributed by atoms with van der Waals surface area (Å²) in [6.07, 6.45) is 3.48. The molecule has 0 heterocycles. The van der Waals surface area contributed by atoms with Crippen LogP contribution in [0.1, 0.15) is 31.7 Å². The van der Waals surface area contributed by atoms with Gasteiger partial charge in [-0.2, -0.15) is 0 Å². The van der Waals surface area contributed by atoms with Gasteiger partial charge in [0.25, 0.3) is 0 Å². The summed E-state index contributed by atoms with van der Waals surface area (Å²) >= 11 is 5.98. The quantitative estimate of drug-likeness (QED) is 0.373. The maximum atomic E-state index is 8.87. The van der Waals surface area contributed by atoms with Gasteiger partial charge in [0.1, 0.15) is 0 Å². The molecule has 0 unspecified atom stereocenters. The van der Waals surface area contributed by atoms with E-state index in [1.54, 1.807) is 6.07 Å². The van der Waals surface area contributed by atoms with Crippen LogP contribution in [0.3, 0.4) is 0 Å². The maximum absolute atomic E-state index is 8.87. The van der Waals surface area contributed by atoms with Gasteiger partial charge in [0.2, 0.25) is 0 Å². The lowest BCUT2D eigenvalue weighted by Gasteiger charge is -2.26. The monoisotopic (exact) mass is 267 g/mol. The predicted octanol–water partition coefficient (Wildman–Crippen LogP) is 2.81. The normalized spacial score (nSPS) is 15.8. The Labute approximate surface area is 112 Å². The lowest BCUT2D eigenvalue weighted by Crippen LogP contribution is -2.29. The molecular formula is C13H18ClN3O. The fraction of sp³-hybridized carbons (Fsp3) is 0.462. The van der Waals surface area contributed by atoms with E-state index in [2.05, 4.69) is 17.0 Å². The summed E-state index contributed by atoms with van der Waals surface area (Å²) in [5.41, 5.74) is 7.43. The average molecular weight is 268 g/mol. The molecule has 0 spiro atoms. The zero-order chi connectivity index (χ0) is 13.1. The molecule has 2 rings (SSSR count). The standard InChI is InChI=1S/C13H18ClN3O/c1-2-7-17(10-4-5-10)12-6-3-9(14)8-11(12)13(15)16-18/h3,6,8,10,18H,2,4-5,7H2,1H3,(H2,15,16). The van der Waals surface area contributed by atoms with Crippen LogP contribution in [0.2, 0.25) is 5.02 Å². The molecule has 0 aliphatic heterocycles. The van der Waals surface area contributed by atoms with Crippen LogP contribution in [0.25, 0.3) is 0 Å². The van der Waals surface area contributed by atoms with Crippen molar-refractivity contribution in [1.29, 1.82) is 0 Å². The Morgan fingerprint density at radius 2 is 2.28 bits per heavy atom. The highest BCUT2D eigenvalue weighted by atomic mass is 35.5. The molecule has 18 heavy (non-hydrogen) atoms. The van der Waals surface area contributed by atoms with Crippen molar-refractivity contribution in [3.8, 4) is 0 Å². The van der Waals surface area contributed by atoms with Crippen molar-refractivity contribution in [2.75, 3.05) is 11.4 Å². The molecule has 0 bridgehead atoms. The fourth-order valence-electron chi connectivity index (χ4n) is 2.14.